The molecule has 1 aromatic heterocycles. The molecule has 1 rings (SSSR count). The fourth-order valence-electron chi connectivity index (χ4n) is 1.62. The summed E-state index contributed by atoms with van der Waals surface area (Å²) in [5, 5.41) is 5.02. The Labute approximate surface area is 108 Å². The van der Waals surface area contributed by atoms with Crippen molar-refractivity contribution in [1.29, 1.82) is 0 Å². The van der Waals surface area contributed by atoms with Gasteiger partial charge in [-0.1, -0.05) is 6.92 Å². The van der Waals surface area contributed by atoms with Crippen LogP contribution in [0.3, 0.4) is 0 Å². The van der Waals surface area contributed by atoms with E-state index in [1.165, 1.54) is 12.3 Å². The molecule has 0 spiro atoms. The molecule has 1 aromatic rings. The van der Waals surface area contributed by atoms with Crippen molar-refractivity contribution in [3.63, 3.8) is 0 Å². The molecular formula is C11H20N4O2S. The second kappa shape index (κ2) is 6.67. The molecule has 0 fully saturated rings. The molecular weight excluding hydrogens is 252 g/mol. The Bertz CT molecular complexity index is 458. The lowest BCUT2D eigenvalue weighted by molar-refractivity contribution is 0.597. The highest BCUT2D eigenvalue weighted by atomic mass is 32.2. The lowest BCUT2D eigenvalue weighted by Gasteiger charge is -2.22. The minimum Gasteiger partial charge on any atom is -0.357 e. The van der Waals surface area contributed by atoms with Gasteiger partial charge in [0.25, 0.3) is 0 Å². The van der Waals surface area contributed by atoms with Crippen molar-refractivity contribution in [2.75, 3.05) is 24.5 Å². The topological polar surface area (TPSA) is 102 Å². The molecule has 0 bridgehead atoms. The van der Waals surface area contributed by atoms with Crippen LogP contribution >= 0.6 is 0 Å². The monoisotopic (exact) mass is 272 g/mol. The molecule has 0 amide bonds. The van der Waals surface area contributed by atoms with Gasteiger partial charge in [0.15, 0.2) is 0 Å². The molecule has 0 saturated carbocycles. The van der Waals surface area contributed by atoms with Gasteiger partial charge >= 0.3 is 0 Å². The first-order valence-corrected chi connectivity index (χ1v) is 7.47. The molecule has 0 atom stereocenters. The van der Waals surface area contributed by atoms with Crippen LogP contribution in [0.5, 0.6) is 0 Å². The summed E-state index contributed by atoms with van der Waals surface area (Å²) in [7, 11) is -3.68. The van der Waals surface area contributed by atoms with Crippen molar-refractivity contribution in [3.05, 3.63) is 18.3 Å². The van der Waals surface area contributed by atoms with Crippen molar-refractivity contribution < 1.29 is 8.42 Å². The third-order valence-corrected chi connectivity index (χ3v) is 3.40. The van der Waals surface area contributed by atoms with Crippen LogP contribution < -0.4 is 15.8 Å². The van der Waals surface area contributed by atoms with E-state index < -0.39 is 10.0 Å². The Hall–Kier alpha value is -1.18. The van der Waals surface area contributed by atoms with Gasteiger partial charge in [-0.25, -0.2) is 18.5 Å². The molecule has 1 heterocycles. The van der Waals surface area contributed by atoms with E-state index in [2.05, 4.69) is 16.8 Å². The van der Waals surface area contributed by atoms with Crippen LogP contribution in [0.1, 0.15) is 19.8 Å². The van der Waals surface area contributed by atoms with Crippen LogP contribution in [-0.2, 0) is 10.0 Å². The number of primary sulfonamides is 1. The third kappa shape index (κ3) is 4.25. The van der Waals surface area contributed by atoms with Crippen molar-refractivity contribution in [1.82, 2.24) is 4.98 Å². The number of anilines is 1. The molecule has 0 aliphatic rings. The fourth-order valence-corrected chi connectivity index (χ4v) is 2.08. The van der Waals surface area contributed by atoms with E-state index in [1.807, 2.05) is 0 Å². The molecule has 0 saturated heterocycles. The summed E-state index contributed by atoms with van der Waals surface area (Å²) >= 11 is 0. The number of nitrogens with zero attached hydrogens (tertiary/aromatic N) is 2. The molecule has 0 aliphatic heterocycles. The van der Waals surface area contributed by atoms with Gasteiger partial charge in [-0.2, -0.15) is 0 Å². The highest BCUT2D eigenvalue weighted by Gasteiger charge is 2.10. The van der Waals surface area contributed by atoms with Gasteiger partial charge < -0.3 is 10.6 Å². The number of sulfonamides is 1. The molecule has 0 radical (unpaired) electrons. The molecule has 102 valence electrons. The molecule has 18 heavy (non-hydrogen) atoms. The average Bonchev–Trinajstić information content (AvgIpc) is 2.33. The summed E-state index contributed by atoms with van der Waals surface area (Å²) in [5.41, 5.74) is 5.49. The zero-order chi connectivity index (χ0) is 13.6. The first kappa shape index (κ1) is 14.9. The summed E-state index contributed by atoms with van der Waals surface area (Å²) in [4.78, 5) is 6.26. The SMILES string of the molecule is CCCN(CCCN)c1ccc(S(N)(=O)=O)cn1. The molecule has 0 unspecified atom stereocenters. The zero-order valence-corrected chi connectivity index (χ0v) is 11.4. The van der Waals surface area contributed by atoms with E-state index in [4.69, 9.17) is 10.9 Å². The van der Waals surface area contributed by atoms with E-state index >= 15 is 0 Å². The Morgan fingerprint density at radius 2 is 2.06 bits per heavy atom. The summed E-state index contributed by atoms with van der Waals surface area (Å²) in [6, 6.07) is 3.15. The Morgan fingerprint density at radius 3 is 2.50 bits per heavy atom. The van der Waals surface area contributed by atoms with Crippen LogP contribution in [0.25, 0.3) is 0 Å². The van der Waals surface area contributed by atoms with Crippen LogP contribution in [0.4, 0.5) is 5.82 Å². The predicted molar refractivity (Wildman–Crippen MR) is 71.8 cm³/mol. The maximum absolute atomic E-state index is 11.1. The van der Waals surface area contributed by atoms with Gasteiger partial charge in [-0.05, 0) is 31.5 Å². The van der Waals surface area contributed by atoms with Crippen molar-refractivity contribution in [2.24, 2.45) is 10.9 Å². The fraction of sp³-hybridized carbons (Fsp3) is 0.545. The van der Waals surface area contributed by atoms with Crippen molar-refractivity contribution in [2.45, 2.75) is 24.7 Å². The molecule has 6 nitrogen and oxygen atoms in total. The quantitative estimate of drug-likeness (QED) is 0.743. The Morgan fingerprint density at radius 1 is 1.33 bits per heavy atom. The lowest BCUT2D eigenvalue weighted by atomic mass is 10.3. The summed E-state index contributed by atoms with van der Waals surface area (Å²) in [6.45, 7) is 4.37. The minimum absolute atomic E-state index is 0.0292. The number of pyridine rings is 1. The lowest BCUT2D eigenvalue weighted by Crippen LogP contribution is -2.27. The van der Waals surface area contributed by atoms with Crippen LogP contribution in [0, 0.1) is 0 Å². The van der Waals surface area contributed by atoms with Gasteiger partial charge in [0, 0.05) is 19.3 Å². The zero-order valence-electron chi connectivity index (χ0n) is 10.5. The minimum atomic E-state index is -3.68. The van der Waals surface area contributed by atoms with Crippen LogP contribution in [-0.4, -0.2) is 33.0 Å². The van der Waals surface area contributed by atoms with E-state index in [-0.39, 0.29) is 4.90 Å². The van der Waals surface area contributed by atoms with Gasteiger partial charge in [0.2, 0.25) is 10.0 Å². The highest BCUT2D eigenvalue weighted by Crippen LogP contribution is 2.14. The van der Waals surface area contributed by atoms with Crippen molar-refractivity contribution >= 4 is 15.8 Å². The predicted octanol–water partition coefficient (Wildman–Crippen LogP) is 0.294. The molecule has 4 N–H and O–H groups in total. The van der Waals surface area contributed by atoms with Gasteiger partial charge in [-0.15, -0.1) is 0 Å². The van der Waals surface area contributed by atoms with Gasteiger partial charge in [0.1, 0.15) is 10.7 Å². The number of hydrogen-bond acceptors (Lipinski definition) is 5. The standard InChI is InChI=1S/C11H20N4O2S/c1-2-7-15(8-3-6-12)11-5-4-10(9-14-11)18(13,16)17/h4-5,9H,2-3,6-8,12H2,1H3,(H2,13,16,17). The molecule has 7 heteroatoms. The van der Waals surface area contributed by atoms with E-state index in [1.54, 1.807) is 6.07 Å². The van der Waals surface area contributed by atoms with E-state index in [0.717, 1.165) is 31.7 Å². The summed E-state index contributed by atoms with van der Waals surface area (Å²) < 4.78 is 22.2. The second-order valence-corrected chi connectivity index (χ2v) is 5.59. The number of hydrogen-bond donors (Lipinski definition) is 2. The first-order chi connectivity index (χ1) is 8.49. The highest BCUT2D eigenvalue weighted by molar-refractivity contribution is 7.89. The van der Waals surface area contributed by atoms with E-state index in [9.17, 15) is 8.42 Å². The van der Waals surface area contributed by atoms with Crippen molar-refractivity contribution in [3.8, 4) is 0 Å². The smallest absolute Gasteiger partial charge is 0.239 e. The largest absolute Gasteiger partial charge is 0.357 e. The Balaban J connectivity index is 2.86. The van der Waals surface area contributed by atoms with Gasteiger partial charge in [0.05, 0.1) is 0 Å². The maximum atomic E-state index is 11.1. The molecule has 0 aromatic carbocycles. The maximum Gasteiger partial charge on any atom is 0.239 e. The van der Waals surface area contributed by atoms with Crippen LogP contribution in [0.2, 0.25) is 0 Å². The number of nitrogens with two attached hydrogens (primary N) is 2. The first-order valence-electron chi connectivity index (χ1n) is 5.93. The Kier molecular flexibility index (Phi) is 5.52. The summed E-state index contributed by atoms with van der Waals surface area (Å²) in [6.07, 6.45) is 3.15. The van der Waals surface area contributed by atoms with Crippen LogP contribution in [0.15, 0.2) is 23.2 Å². The molecule has 0 aliphatic carbocycles. The number of rotatable bonds is 7. The summed E-state index contributed by atoms with van der Waals surface area (Å²) in [5.74, 6) is 0.748. The van der Waals surface area contributed by atoms with E-state index in [0.29, 0.717) is 6.54 Å². The normalized spacial score (nSPS) is 11.5. The third-order valence-electron chi connectivity index (χ3n) is 2.50. The number of aromatic nitrogens is 1. The average molecular weight is 272 g/mol. The second-order valence-electron chi connectivity index (χ2n) is 4.03. The van der Waals surface area contributed by atoms with Gasteiger partial charge in [-0.3, -0.25) is 0 Å².